The van der Waals surface area contributed by atoms with Gasteiger partial charge in [-0.05, 0) is 18.9 Å². The molecule has 0 amide bonds. The molecule has 8 heteroatoms. The Balaban J connectivity index is 1.84. The molecule has 1 aromatic carbocycles. The van der Waals surface area contributed by atoms with E-state index in [1.165, 1.54) is 20.5 Å². The van der Waals surface area contributed by atoms with Crippen LogP contribution in [0.4, 0.5) is 0 Å². The van der Waals surface area contributed by atoms with E-state index < -0.39 is 47.9 Å². The van der Waals surface area contributed by atoms with E-state index in [0.717, 1.165) is 12.0 Å². The van der Waals surface area contributed by atoms with E-state index in [1.54, 1.807) is 6.92 Å². The molecule has 1 fully saturated rings. The lowest BCUT2D eigenvalue weighted by Crippen LogP contribution is -2.53. The second-order valence-electron chi connectivity index (χ2n) is 7.99. The molecule has 170 valence electrons. The normalized spacial score (nSPS) is 32.3. The molecule has 0 radical (unpaired) electrons. The number of hydrogen-bond donors (Lipinski definition) is 1. The summed E-state index contributed by atoms with van der Waals surface area (Å²) in [7, 11) is 2.45. The zero-order chi connectivity index (χ0) is 22.6. The first kappa shape index (κ1) is 23.2. The molecule has 0 spiro atoms. The molecule has 2 aliphatic heterocycles. The first-order valence-electron chi connectivity index (χ1n) is 10.4. The van der Waals surface area contributed by atoms with E-state index in [9.17, 15) is 14.7 Å². The molecule has 0 aromatic heterocycles. The maximum atomic E-state index is 12.5. The molecule has 31 heavy (non-hydrogen) atoms. The van der Waals surface area contributed by atoms with Gasteiger partial charge in [-0.15, -0.1) is 0 Å². The van der Waals surface area contributed by atoms with Gasteiger partial charge in [-0.25, -0.2) is 4.79 Å². The monoisotopic (exact) mass is 434 g/mol. The number of methoxy groups -OCH3 is 2. The zero-order valence-electron chi connectivity index (χ0n) is 18.3. The van der Waals surface area contributed by atoms with Gasteiger partial charge in [-0.3, -0.25) is 4.79 Å². The topological polar surface area (TPSA) is 101 Å². The van der Waals surface area contributed by atoms with Gasteiger partial charge in [-0.1, -0.05) is 43.7 Å². The summed E-state index contributed by atoms with van der Waals surface area (Å²) in [6, 6.07) is 9.64. The van der Waals surface area contributed by atoms with Gasteiger partial charge in [0.25, 0.3) is 0 Å². The Bertz CT molecular complexity index is 803. The van der Waals surface area contributed by atoms with E-state index in [1.807, 2.05) is 37.3 Å². The highest BCUT2D eigenvalue weighted by Crippen LogP contribution is 2.43. The Morgan fingerprint density at radius 2 is 1.87 bits per heavy atom. The predicted molar refractivity (Wildman–Crippen MR) is 110 cm³/mol. The third-order valence-corrected chi connectivity index (χ3v) is 5.85. The van der Waals surface area contributed by atoms with Gasteiger partial charge >= 0.3 is 11.9 Å². The van der Waals surface area contributed by atoms with Crippen LogP contribution in [0.15, 0.2) is 42.2 Å². The van der Waals surface area contributed by atoms with Crippen LogP contribution in [0.1, 0.15) is 32.3 Å². The lowest BCUT2D eigenvalue weighted by Gasteiger charge is -2.34. The first-order chi connectivity index (χ1) is 14.8. The van der Waals surface area contributed by atoms with Crippen molar-refractivity contribution in [3.8, 4) is 0 Å². The number of esters is 2. The SMILES string of the molecule is CCCC1OC(C2OC=C(C(=O)OC)C2C(=O)OC)C(C)(O)C1OCc1ccccc1. The second kappa shape index (κ2) is 9.80. The average Bonchev–Trinajstić information content (AvgIpc) is 3.30. The van der Waals surface area contributed by atoms with Crippen LogP contribution in [0.3, 0.4) is 0 Å². The molecule has 0 aliphatic carbocycles. The number of carbonyl (C=O) groups is 2. The minimum Gasteiger partial charge on any atom is -0.493 e. The van der Waals surface area contributed by atoms with Crippen molar-refractivity contribution >= 4 is 11.9 Å². The summed E-state index contributed by atoms with van der Waals surface area (Å²) in [5, 5.41) is 11.5. The Hall–Kier alpha value is -2.42. The molecule has 2 heterocycles. The van der Waals surface area contributed by atoms with Crippen molar-refractivity contribution in [3.63, 3.8) is 0 Å². The molecule has 3 rings (SSSR count). The third kappa shape index (κ3) is 4.61. The minimum atomic E-state index is -1.48. The van der Waals surface area contributed by atoms with E-state index >= 15 is 0 Å². The second-order valence-corrected chi connectivity index (χ2v) is 7.99. The molecule has 6 unspecified atom stereocenters. The van der Waals surface area contributed by atoms with E-state index in [0.29, 0.717) is 13.0 Å². The van der Waals surface area contributed by atoms with Crippen LogP contribution < -0.4 is 0 Å². The minimum absolute atomic E-state index is 0.0273. The van der Waals surface area contributed by atoms with Crippen molar-refractivity contribution in [1.29, 1.82) is 0 Å². The Morgan fingerprint density at radius 1 is 1.16 bits per heavy atom. The molecule has 1 aromatic rings. The molecular weight excluding hydrogens is 404 g/mol. The number of carbonyl (C=O) groups excluding carboxylic acids is 2. The van der Waals surface area contributed by atoms with Gasteiger partial charge in [0.05, 0.1) is 38.8 Å². The van der Waals surface area contributed by atoms with Gasteiger partial charge in [0.15, 0.2) is 0 Å². The van der Waals surface area contributed by atoms with E-state index in [2.05, 4.69) is 0 Å². The molecule has 0 saturated carbocycles. The predicted octanol–water partition coefficient (Wildman–Crippen LogP) is 2.14. The molecule has 0 bridgehead atoms. The highest BCUT2D eigenvalue weighted by atomic mass is 16.6. The summed E-state index contributed by atoms with van der Waals surface area (Å²) < 4.78 is 27.6. The number of hydrogen-bond acceptors (Lipinski definition) is 8. The van der Waals surface area contributed by atoms with Gasteiger partial charge < -0.3 is 28.8 Å². The number of rotatable bonds is 8. The first-order valence-corrected chi connectivity index (χ1v) is 10.4. The van der Waals surface area contributed by atoms with Crippen molar-refractivity contribution in [3.05, 3.63) is 47.7 Å². The standard InChI is InChI=1S/C23H30O8/c1-5-9-16-19(30-12-14-10-7-6-8-11-14)23(2,26)20(31-16)18-17(22(25)28-4)15(13-29-18)21(24)27-3/h6-8,10-11,13,16-20,26H,5,9,12H2,1-4H3. The number of aliphatic hydroxyl groups is 1. The van der Waals surface area contributed by atoms with Gasteiger partial charge in [0, 0.05) is 0 Å². The van der Waals surface area contributed by atoms with E-state index in [4.69, 9.17) is 23.7 Å². The largest absolute Gasteiger partial charge is 0.493 e. The highest BCUT2D eigenvalue weighted by Gasteiger charge is 2.60. The van der Waals surface area contributed by atoms with Crippen molar-refractivity contribution in [1.82, 2.24) is 0 Å². The summed E-state index contributed by atoms with van der Waals surface area (Å²) >= 11 is 0. The fraction of sp³-hybridized carbons (Fsp3) is 0.565. The summed E-state index contributed by atoms with van der Waals surface area (Å²) in [4.78, 5) is 24.7. The van der Waals surface area contributed by atoms with Crippen molar-refractivity contribution in [2.45, 2.75) is 63.3 Å². The molecule has 6 atom stereocenters. The summed E-state index contributed by atoms with van der Waals surface area (Å²) in [6.45, 7) is 3.92. The Morgan fingerprint density at radius 3 is 2.48 bits per heavy atom. The quantitative estimate of drug-likeness (QED) is 0.621. The molecular formula is C23H30O8. The molecule has 2 aliphatic rings. The summed E-state index contributed by atoms with van der Waals surface area (Å²) in [5.74, 6) is -2.44. The highest BCUT2D eigenvalue weighted by molar-refractivity contribution is 5.96. The van der Waals surface area contributed by atoms with E-state index in [-0.39, 0.29) is 5.57 Å². The zero-order valence-corrected chi connectivity index (χ0v) is 18.3. The number of ether oxygens (including phenoxy) is 5. The third-order valence-electron chi connectivity index (χ3n) is 5.85. The van der Waals surface area contributed by atoms with Crippen LogP contribution in [0.5, 0.6) is 0 Å². The summed E-state index contributed by atoms with van der Waals surface area (Å²) in [5.41, 5.74) is -0.485. The Labute approximate surface area is 182 Å². The maximum absolute atomic E-state index is 12.5. The van der Waals surface area contributed by atoms with Crippen LogP contribution in [0.25, 0.3) is 0 Å². The molecule has 8 nitrogen and oxygen atoms in total. The maximum Gasteiger partial charge on any atom is 0.337 e. The fourth-order valence-electron chi connectivity index (χ4n) is 4.29. The fourth-order valence-corrected chi connectivity index (χ4v) is 4.29. The summed E-state index contributed by atoms with van der Waals surface area (Å²) in [6.07, 6.45) is -0.284. The van der Waals surface area contributed by atoms with Crippen LogP contribution >= 0.6 is 0 Å². The van der Waals surface area contributed by atoms with Gasteiger partial charge in [0.2, 0.25) is 0 Å². The van der Waals surface area contributed by atoms with Crippen molar-refractivity contribution < 1.29 is 38.4 Å². The van der Waals surface area contributed by atoms with Crippen LogP contribution in [0, 0.1) is 5.92 Å². The lowest BCUT2D eigenvalue weighted by atomic mass is 9.83. The molecule has 1 N–H and O–H groups in total. The Kier molecular flexibility index (Phi) is 7.35. The van der Waals surface area contributed by atoms with Crippen molar-refractivity contribution in [2.24, 2.45) is 5.92 Å². The lowest BCUT2D eigenvalue weighted by molar-refractivity contribution is -0.159. The van der Waals surface area contributed by atoms with Crippen molar-refractivity contribution in [2.75, 3.05) is 14.2 Å². The van der Waals surface area contributed by atoms with Crippen LogP contribution in [-0.2, 0) is 39.9 Å². The van der Waals surface area contributed by atoms with Gasteiger partial charge in [-0.2, -0.15) is 0 Å². The number of benzene rings is 1. The van der Waals surface area contributed by atoms with Gasteiger partial charge in [0.1, 0.15) is 29.8 Å². The average molecular weight is 434 g/mol. The van der Waals surface area contributed by atoms with Crippen LogP contribution in [-0.4, -0.2) is 61.3 Å². The van der Waals surface area contributed by atoms with Crippen LogP contribution in [0.2, 0.25) is 0 Å². The molecule has 1 saturated heterocycles. The smallest absolute Gasteiger partial charge is 0.337 e.